The van der Waals surface area contributed by atoms with Crippen LogP contribution in [-0.4, -0.2) is 38.6 Å². The van der Waals surface area contributed by atoms with E-state index in [0.717, 1.165) is 59.7 Å². The molecule has 9 atom stereocenters. The summed E-state index contributed by atoms with van der Waals surface area (Å²) in [5.74, 6) is 5.65. The van der Waals surface area contributed by atoms with Crippen molar-refractivity contribution in [2.45, 2.75) is 76.9 Å². The lowest BCUT2D eigenvalue weighted by molar-refractivity contribution is -0.132. The Morgan fingerprint density at radius 2 is 1.74 bits per heavy atom. The van der Waals surface area contributed by atoms with Gasteiger partial charge in [-0.05, 0) is 111 Å². The lowest BCUT2D eigenvalue weighted by Gasteiger charge is -2.56. The van der Waals surface area contributed by atoms with Crippen LogP contribution in [0.25, 0.3) is 11.0 Å². The summed E-state index contributed by atoms with van der Waals surface area (Å²) in [4.78, 5) is 15.2. The van der Waals surface area contributed by atoms with E-state index in [2.05, 4.69) is 17.1 Å². The Morgan fingerprint density at radius 3 is 2.53 bits per heavy atom. The van der Waals surface area contributed by atoms with Crippen LogP contribution in [0.4, 0.5) is 0 Å². The van der Waals surface area contributed by atoms with Gasteiger partial charge in [0.2, 0.25) is 0 Å². The number of hydrogen-bond acceptors (Lipinski definition) is 5. The van der Waals surface area contributed by atoms with Crippen LogP contribution in [-0.2, 0) is 11.3 Å². The average molecular weight is 464 g/mol. The van der Waals surface area contributed by atoms with Crippen molar-refractivity contribution in [3.05, 3.63) is 18.2 Å². The third kappa shape index (κ3) is 2.99. The number of fused-ring (bicyclic) bond motifs is 8. The van der Waals surface area contributed by atoms with Gasteiger partial charge in [-0.25, -0.2) is 0 Å². The summed E-state index contributed by atoms with van der Waals surface area (Å²) in [6.45, 7) is 2.69. The summed E-state index contributed by atoms with van der Waals surface area (Å²) in [7, 11) is 1.65. The van der Waals surface area contributed by atoms with Crippen molar-refractivity contribution in [3.63, 3.8) is 0 Å². The van der Waals surface area contributed by atoms with E-state index >= 15 is 0 Å². The van der Waals surface area contributed by atoms with Gasteiger partial charge >= 0.3 is 0 Å². The highest BCUT2D eigenvalue weighted by Crippen LogP contribution is 2.68. The monoisotopic (exact) mass is 463 g/mol. The number of ketones is 1. The highest BCUT2D eigenvalue weighted by Gasteiger charge is 2.65. The fraction of sp³-hybridized carbons (Fsp3) is 0.750. The van der Waals surface area contributed by atoms with E-state index < -0.39 is 0 Å². The van der Waals surface area contributed by atoms with E-state index in [0.29, 0.717) is 17.6 Å². The summed E-state index contributed by atoms with van der Waals surface area (Å²) >= 11 is 0. The number of carbonyl (C=O) groups is 1. The Balaban J connectivity index is 1.08. The summed E-state index contributed by atoms with van der Waals surface area (Å²) in [5.41, 5.74) is 1.40. The van der Waals surface area contributed by atoms with Crippen molar-refractivity contribution in [1.82, 2.24) is 15.0 Å². The Bertz CT molecular complexity index is 1150. The highest BCUT2D eigenvalue weighted by atomic mass is 16.5. The number of ether oxygens (including phenoxy) is 1. The normalized spacial score (nSPS) is 44.6. The van der Waals surface area contributed by atoms with E-state index in [9.17, 15) is 9.90 Å². The number of Topliss-reactive ketones (excluding diaryl/α,β-unsaturated/α-hetero) is 1. The molecule has 0 spiro atoms. The molecule has 0 radical (unpaired) electrons. The first-order valence-corrected chi connectivity index (χ1v) is 13.5. The van der Waals surface area contributed by atoms with Gasteiger partial charge in [0, 0.05) is 12.0 Å². The van der Waals surface area contributed by atoms with Crippen molar-refractivity contribution < 1.29 is 14.6 Å². The smallest absolute Gasteiger partial charge is 0.159 e. The number of benzene rings is 1. The summed E-state index contributed by atoms with van der Waals surface area (Å²) in [5, 5.41) is 19.8. The molecule has 0 amide bonds. The minimum Gasteiger partial charge on any atom is -0.497 e. The Morgan fingerprint density at radius 1 is 1.00 bits per heavy atom. The molecule has 182 valence electrons. The first kappa shape index (κ1) is 21.3. The highest BCUT2D eigenvalue weighted by molar-refractivity contribution is 5.82. The molecule has 5 aliphatic rings. The van der Waals surface area contributed by atoms with Gasteiger partial charge in [0.1, 0.15) is 23.3 Å². The predicted octanol–water partition coefficient (Wildman–Crippen LogP) is 4.64. The molecule has 5 aliphatic carbocycles. The molecule has 34 heavy (non-hydrogen) atoms. The third-order valence-electron chi connectivity index (χ3n) is 11.3. The second kappa shape index (κ2) is 7.28. The molecule has 0 aliphatic heterocycles. The molecule has 1 unspecified atom stereocenters. The fourth-order valence-electron chi connectivity index (χ4n) is 9.60. The average Bonchev–Trinajstić information content (AvgIpc) is 3.18. The number of aromatic nitrogens is 3. The van der Waals surface area contributed by atoms with E-state index in [4.69, 9.17) is 4.74 Å². The maximum atomic E-state index is 13.6. The molecular weight excluding hydrogens is 426 g/mol. The molecule has 0 saturated heterocycles. The second-order valence-corrected chi connectivity index (χ2v) is 12.5. The van der Waals surface area contributed by atoms with E-state index in [1.807, 2.05) is 18.2 Å². The lowest BCUT2D eigenvalue weighted by atomic mass is 9.49. The van der Waals surface area contributed by atoms with Gasteiger partial charge < -0.3 is 9.84 Å². The van der Waals surface area contributed by atoms with Gasteiger partial charge in [0.15, 0.2) is 5.78 Å². The van der Waals surface area contributed by atoms with Gasteiger partial charge in [-0.15, -0.1) is 0 Å². The summed E-state index contributed by atoms with van der Waals surface area (Å²) < 4.78 is 5.30. The zero-order chi connectivity index (χ0) is 23.2. The number of nitrogens with zero attached hydrogens (tertiary/aromatic N) is 3. The van der Waals surface area contributed by atoms with Crippen LogP contribution >= 0.6 is 0 Å². The molecule has 6 heteroatoms. The summed E-state index contributed by atoms with van der Waals surface area (Å²) in [6.07, 6.45) is 10.6. The third-order valence-corrected chi connectivity index (χ3v) is 11.3. The molecule has 0 bridgehead atoms. The van der Waals surface area contributed by atoms with E-state index in [1.165, 1.54) is 38.5 Å². The fourth-order valence-corrected chi connectivity index (χ4v) is 9.60. The van der Waals surface area contributed by atoms with Crippen molar-refractivity contribution >= 4 is 16.8 Å². The van der Waals surface area contributed by atoms with Crippen LogP contribution in [0.15, 0.2) is 18.2 Å². The standard InChI is InChI=1S/C28H37N3O3/c1-27-11-9-17-18-10-12-28(33)14-23(28)20(18)5-4-19(17)21(27)6-7-22(27)26(32)15-31-29-24-8-3-16(34-2)13-25(24)30-31/h3,8,13,17-23,33H,4-7,9-12,14-15H2,1-2H3/t17-,18-,19-,20-,21+,22-,23?,27+,28+/m1/s1. The van der Waals surface area contributed by atoms with E-state index in [-0.39, 0.29) is 23.5 Å². The van der Waals surface area contributed by atoms with Crippen molar-refractivity contribution in [2.75, 3.05) is 7.11 Å². The topological polar surface area (TPSA) is 77.2 Å². The van der Waals surface area contributed by atoms with Crippen LogP contribution in [0.2, 0.25) is 0 Å². The van der Waals surface area contributed by atoms with Crippen LogP contribution < -0.4 is 4.74 Å². The van der Waals surface area contributed by atoms with Crippen LogP contribution in [0.3, 0.4) is 0 Å². The Hall–Kier alpha value is -1.95. The Kier molecular flexibility index (Phi) is 4.57. The molecule has 5 fully saturated rings. The molecular formula is C28H37N3O3. The maximum absolute atomic E-state index is 13.6. The molecule has 1 heterocycles. The van der Waals surface area contributed by atoms with Crippen molar-refractivity contribution in [3.8, 4) is 5.75 Å². The molecule has 2 aromatic rings. The number of rotatable bonds is 4. The molecule has 6 nitrogen and oxygen atoms in total. The number of methoxy groups -OCH3 is 1. The molecule has 5 saturated carbocycles. The molecule has 1 aromatic heterocycles. The number of hydrogen-bond donors (Lipinski definition) is 1. The minimum atomic E-state index is -0.293. The lowest BCUT2D eigenvalue weighted by Crippen LogP contribution is -2.50. The zero-order valence-corrected chi connectivity index (χ0v) is 20.4. The largest absolute Gasteiger partial charge is 0.497 e. The van der Waals surface area contributed by atoms with Crippen LogP contribution in [0.1, 0.15) is 64.7 Å². The van der Waals surface area contributed by atoms with Gasteiger partial charge in [-0.1, -0.05) is 6.92 Å². The van der Waals surface area contributed by atoms with Crippen LogP contribution in [0, 0.1) is 46.8 Å². The second-order valence-electron chi connectivity index (χ2n) is 12.5. The summed E-state index contributed by atoms with van der Waals surface area (Å²) in [6, 6.07) is 5.66. The van der Waals surface area contributed by atoms with Crippen molar-refractivity contribution in [1.29, 1.82) is 0 Å². The van der Waals surface area contributed by atoms with Gasteiger partial charge in [-0.3, -0.25) is 4.79 Å². The van der Waals surface area contributed by atoms with Gasteiger partial charge in [0.25, 0.3) is 0 Å². The maximum Gasteiger partial charge on any atom is 0.159 e. The van der Waals surface area contributed by atoms with E-state index in [1.54, 1.807) is 11.9 Å². The van der Waals surface area contributed by atoms with Gasteiger partial charge in [0.05, 0.1) is 12.7 Å². The SMILES string of the molecule is COc1ccc2nn(CC(=O)[C@H]3CC[C@H]4[C@@H]5CC[C@H]6C7C[C@@]7(O)CC[C@@H]6[C@H]5CC[C@]34C)nc2c1. The predicted molar refractivity (Wildman–Crippen MR) is 128 cm³/mol. The Labute approximate surface area is 201 Å². The van der Waals surface area contributed by atoms with Gasteiger partial charge in [-0.2, -0.15) is 15.0 Å². The minimum absolute atomic E-state index is 0.121. The zero-order valence-electron chi connectivity index (χ0n) is 20.4. The molecule has 7 rings (SSSR count). The van der Waals surface area contributed by atoms with Crippen molar-refractivity contribution in [2.24, 2.45) is 46.8 Å². The first-order valence-electron chi connectivity index (χ1n) is 13.5. The first-order chi connectivity index (χ1) is 16.4. The van der Waals surface area contributed by atoms with Crippen LogP contribution in [0.5, 0.6) is 5.75 Å². The molecule has 1 N–H and O–H groups in total. The number of carbonyl (C=O) groups excluding carboxylic acids is 1. The molecule has 1 aromatic carbocycles. The quantitative estimate of drug-likeness (QED) is 0.715. The number of aliphatic hydroxyl groups is 1.